The number of hydrogen-bond donors (Lipinski definition) is 2. The van der Waals surface area contributed by atoms with E-state index >= 15 is 0 Å². The molecule has 2 N–H and O–H groups in total. The number of hydrogen-bond acceptors (Lipinski definition) is 3. The number of carbonyl (C=O) groups is 2. The molecule has 0 fully saturated rings. The van der Waals surface area contributed by atoms with E-state index in [4.69, 9.17) is 5.10 Å². The van der Waals surface area contributed by atoms with Gasteiger partial charge in [0, 0.05) is 32.5 Å². The number of halogens is 3. The number of nitrogens with zero attached hydrogens (tertiary/aromatic N) is 2. The molecule has 1 heterocycles. The summed E-state index contributed by atoms with van der Waals surface area (Å²) in [5.41, 5.74) is 3.83. The molecule has 36 heavy (non-hydrogen) atoms. The maximum absolute atomic E-state index is 13.5. The Labute approximate surface area is 234 Å². The van der Waals surface area contributed by atoms with Crippen LogP contribution in [-0.2, 0) is 17.8 Å². The van der Waals surface area contributed by atoms with E-state index in [-0.39, 0.29) is 11.8 Å². The van der Waals surface area contributed by atoms with E-state index in [1.165, 1.54) is 0 Å². The van der Waals surface area contributed by atoms with Crippen LogP contribution in [0.5, 0.6) is 0 Å². The van der Waals surface area contributed by atoms with Crippen LogP contribution < -0.4 is 10.6 Å². The first kappa shape index (κ1) is 26.3. The largest absolute Gasteiger partial charge is 0.357 e. The standard InChI is InChI=1S/C27H23Br3N4O2/c1-31-26(35)24(13-17-5-2-8-20(28)11-17)32-27(36)25-15-23(19-7-4-10-22(30)14-19)33-34(25)16-18-6-3-9-21(29)12-18/h2-12,14-15,24H,13,16H2,1H3,(H,31,35)(H,32,36)/t24-/m0/s1. The molecule has 0 saturated heterocycles. The second-order valence-electron chi connectivity index (χ2n) is 8.19. The Hall–Kier alpha value is -2.75. The van der Waals surface area contributed by atoms with E-state index in [0.29, 0.717) is 24.4 Å². The highest BCUT2D eigenvalue weighted by molar-refractivity contribution is 9.11. The van der Waals surface area contributed by atoms with Crippen molar-refractivity contribution in [1.29, 1.82) is 0 Å². The van der Waals surface area contributed by atoms with Gasteiger partial charge in [-0.25, -0.2) is 0 Å². The molecule has 9 heteroatoms. The number of likely N-dealkylation sites (N-methyl/N-ethyl adjacent to an activating group) is 1. The summed E-state index contributed by atoms with van der Waals surface area (Å²) in [5.74, 6) is -0.643. The first-order valence-corrected chi connectivity index (χ1v) is 13.6. The minimum absolute atomic E-state index is 0.270. The number of amides is 2. The number of rotatable bonds is 8. The van der Waals surface area contributed by atoms with Gasteiger partial charge in [0.05, 0.1) is 12.2 Å². The Morgan fingerprint density at radius 2 is 1.47 bits per heavy atom. The van der Waals surface area contributed by atoms with Crippen molar-refractivity contribution >= 4 is 59.6 Å². The zero-order valence-corrected chi connectivity index (χ0v) is 24.1. The van der Waals surface area contributed by atoms with Gasteiger partial charge in [-0.1, -0.05) is 84.2 Å². The van der Waals surface area contributed by atoms with Crippen LogP contribution in [0.1, 0.15) is 21.6 Å². The normalized spacial score (nSPS) is 11.7. The molecule has 0 bridgehead atoms. The minimum Gasteiger partial charge on any atom is -0.357 e. The third-order valence-electron chi connectivity index (χ3n) is 5.55. The second kappa shape index (κ2) is 12.0. The lowest BCUT2D eigenvalue weighted by atomic mass is 10.0. The summed E-state index contributed by atoms with van der Waals surface area (Å²) in [5, 5.41) is 10.3. The van der Waals surface area contributed by atoms with Crippen LogP contribution in [0, 0.1) is 0 Å². The van der Waals surface area contributed by atoms with Crippen molar-refractivity contribution in [3.8, 4) is 11.3 Å². The average molecular weight is 675 g/mol. The highest BCUT2D eigenvalue weighted by atomic mass is 79.9. The Morgan fingerprint density at radius 3 is 2.11 bits per heavy atom. The summed E-state index contributed by atoms with van der Waals surface area (Å²) in [6.45, 7) is 0.395. The number of carbonyl (C=O) groups excluding carboxylic acids is 2. The molecule has 3 aromatic carbocycles. The molecular formula is C27H23Br3N4O2. The Morgan fingerprint density at radius 1 is 0.861 bits per heavy atom. The van der Waals surface area contributed by atoms with E-state index in [1.807, 2.05) is 72.8 Å². The summed E-state index contributed by atoms with van der Waals surface area (Å²) in [6, 6.07) is 24.3. The lowest BCUT2D eigenvalue weighted by Gasteiger charge is -2.18. The molecule has 4 rings (SSSR count). The first-order valence-electron chi connectivity index (χ1n) is 11.2. The number of nitrogens with one attached hydrogen (secondary N) is 2. The molecule has 0 aliphatic carbocycles. The van der Waals surface area contributed by atoms with Gasteiger partial charge in [0.1, 0.15) is 11.7 Å². The summed E-state index contributed by atoms with van der Waals surface area (Å²) in [4.78, 5) is 26.2. The first-order chi connectivity index (χ1) is 17.3. The zero-order valence-electron chi connectivity index (χ0n) is 19.3. The molecule has 1 atom stereocenters. The van der Waals surface area contributed by atoms with Crippen molar-refractivity contribution in [2.75, 3.05) is 7.05 Å². The molecule has 1 aromatic heterocycles. The monoisotopic (exact) mass is 672 g/mol. The highest BCUT2D eigenvalue weighted by Crippen LogP contribution is 2.24. The minimum atomic E-state index is -0.750. The van der Waals surface area contributed by atoms with Gasteiger partial charge >= 0.3 is 0 Å². The van der Waals surface area contributed by atoms with Gasteiger partial charge in [-0.15, -0.1) is 0 Å². The van der Waals surface area contributed by atoms with Crippen LogP contribution in [0.4, 0.5) is 0 Å². The number of aromatic nitrogens is 2. The van der Waals surface area contributed by atoms with Gasteiger partial charge in [-0.05, 0) is 53.6 Å². The molecule has 4 aromatic rings. The molecule has 184 valence electrons. The quantitative estimate of drug-likeness (QED) is 0.242. The van der Waals surface area contributed by atoms with Gasteiger partial charge < -0.3 is 10.6 Å². The second-order valence-corrected chi connectivity index (χ2v) is 10.9. The van der Waals surface area contributed by atoms with Crippen molar-refractivity contribution in [3.63, 3.8) is 0 Å². The van der Waals surface area contributed by atoms with Crippen LogP contribution in [0.3, 0.4) is 0 Å². The van der Waals surface area contributed by atoms with Gasteiger partial charge in [0.2, 0.25) is 5.91 Å². The average Bonchev–Trinajstić information content (AvgIpc) is 3.27. The molecule has 6 nitrogen and oxygen atoms in total. The van der Waals surface area contributed by atoms with Crippen LogP contribution >= 0.6 is 47.8 Å². The fourth-order valence-corrected chi connectivity index (χ4v) is 5.13. The lowest BCUT2D eigenvalue weighted by molar-refractivity contribution is -0.122. The van der Waals surface area contributed by atoms with Crippen molar-refractivity contribution in [1.82, 2.24) is 20.4 Å². The van der Waals surface area contributed by atoms with Crippen LogP contribution in [0.2, 0.25) is 0 Å². The summed E-state index contributed by atoms with van der Waals surface area (Å²) in [6.07, 6.45) is 0.350. The fourth-order valence-electron chi connectivity index (χ4n) is 3.83. The van der Waals surface area contributed by atoms with E-state index in [9.17, 15) is 9.59 Å². The van der Waals surface area contributed by atoms with Crippen molar-refractivity contribution in [3.05, 3.63) is 109 Å². The molecule has 0 aliphatic heterocycles. The van der Waals surface area contributed by atoms with Crippen molar-refractivity contribution in [2.45, 2.75) is 19.0 Å². The van der Waals surface area contributed by atoms with Gasteiger partial charge in [0.15, 0.2) is 0 Å². The Balaban J connectivity index is 1.67. The van der Waals surface area contributed by atoms with Crippen LogP contribution in [0.25, 0.3) is 11.3 Å². The van der Waals surface area contributed by atoms with Gasteiger partial charge in [-0.3, -0.25) is 14.3 Å². The molecule has 0 aliphatic rings. The summed E-state index contributed by atoms with van der Waals surface area (Å²) >= 11 is 10.5. The third kappa shape index (κ3) is 6.72. The van der Waals surface area contributed by atoms with Crippen LogP contribution in [0.15, 0.2) is 92.3 Å². The van der Waals surface area contributed by atoms with E-state index in [0.717, 1.165) is 30.1 Å². The van der Waals surface area contributed by atoms with Crippen LogP contribution in [-0.4, -0.2) is 34.7 Å². The lowest BCUT2D eigenvalue weighted by Crippen LogP contribution is -2.47. The smallest absolute Gasteiger partial charge is 0.270 e. The Bertz CT molecular complexity index is 1400. The number of benzene rings is 3. The van der Waals surface area contributed by atoms with Gasteiger partial charge in [-0.2, -0.15) is 5.10 Å². The molecule has 2 amide bonds. The maximum Gasteiger partial charge on any atom is 0.270 e. The maximum atomic E-state index is 13.5. The summed E-state index contributed by atoms with van der Waals surface area (Å²) < 4.78 is 4.45. The SMILES string of the molecule is CNC(=O)[C@H](Cc1cccc(Br)c1)NC(=O)c1cc(-c2cccc(Br)c2)nn1Cc1cccc(Br)c1. The fraction of sp³-hybridized carbons (Fsp3) is 0.148. The van der Waals surface area contributed by atoms with Crippen molar-refractivity contribution in [2.24, 2.45) is 0 Å². The van der Waals surface area contributed by atoms with Crippen molar-refractivity contribution < 1.29 is 9.59 Å². The third-order valence-corrected chi connectivity index (χ3v) is 7.03. The highest BCUT2D eigenvalue weighted by Gasteiger charge is 2.24. The molecule has 0 saturated carbocycles. The predicted molar refractivity (Wildman–Crippen MR) is 152 cm³/mol. The van der Waals surface area contributed by atoms with E-state index < -0.39 is 6.04 Å². The van der Waals surface area contributed by atoms with E-state index in [1.54, 1.807) is 17.8 Å². The Kier molecular flexibility index (Phi) is 8.77. The topological polar surface area (TPSA) is 76.0 Å². The van der Waals surface area contributed by atoms with E-state index in [2.05, 4.69) is 58.4 Å². The van der Waals surface area contributed by atoms with Gasteiger partial charge in [0.25, 0.3) is 5.91 Å². The molecular weight excluding hydrogens is 652 g/mol. The zero-order chi connectivity index (χ0) is 25.7. The molecule has 0 radical (unpaired) electrons. The molecule has 0 spiro atoms. The molecule has 0 unspecified atom stereocenters. The predicted octanol–water partition coefficient (Wildman–Crippen LogP) is 5.97. The summed E-state index contributed by atoms with van der Waals surface area (Å²) in [7, 11) is 1.56.